The molecule has 0 aliphatic heterocycles. The second-order valence-corrected chi connectivity index (χ2v) is 8.95. The predicted molar refractivity (Wildman–Crippen MR) is 106 cm³/mol. The van der Waals surface area contributed by atoms with Crippen molar-refractivity contribution in [3.05, 3.63) is 57.5 Å². The Bertz CT molecular complexity index is 1140. The fourth-order valence-electron chi connectivity index (χ4n) is 2.43. The smallest absolute Gasteiger partial charge is 0.267 e. The number of hydrogen-bond donors (Lipinski definition) is 2. The molecule has 0 unspecified atom stereocenters. The van der Waals surface area contributed by atoms with E-state index < -0.39 is 15.9 Å². The number of Topliss-reactive ketones (excluding diaryl/α,β-unsaturated/α-hetero) is 1. The molecule has 1 aromatic carbocycles. The van der Waals surface area contributed by atoms with Gasteiger partial charge in [0.05, 0.1) is 4.88 Å². The van der Waals surface area contributed by atoms with Gasteiger partial charge in [-0.05, 0) is 51.1 Å². The van der Waals surface area contributed by atoms with Gasteiger partial charge >= 0.3 is 0 Å². The highest BCUT2D eigenvalue weighted by Gasteiger charge is 2.23. The van der Waals surface area contributed by atoms with Gasteiger partial charge in [-0.1, -0.05) is 5.16 Å². The quantitative estimate of drug-likeness (QED) is 0.589. The molecule has 0 saturated carbocycles. The fraction of sp³-hybridized carbons (Fsp3) is 0.167. The van der Waals surface area contributed by atoms with E-state index in [1.807, 2.05) is 0 Å². The van der Waals surface area contributed by atoms with Gasteiger partial charge in [0.25, 0.3) is 15.9 Å². The number of nitrogens with zero attached hydrogens (tertiary/aromatic N) is 1. The van der Waals surface area contributed by atoms with Crippen molar-refractivity contribution in [3.63, 3.8) is 0 Å². The van der Waals surface area contributed by atoms with Crippen LogP contribution in [-0.2, 0) is 10.0 Å². The number of carbonyl (C=O) groups excluding carboxylic acids is 2. The van der Waals surface area contributed by atoms with E-state index in [0.29, 0.717) is 21.9 Å². The van der Waals surface area contributed by atoms with Crippen molar-refractivity contribution in [2.75, 3.05) is 10.0 Å². The van der Waals surface area contributed by atoms with Crippen LogP contribution in [0.3, 0.4) is 0 Å². The maximum atomic E-state index is 12.7. The first-order valence-corrected chi connectivity index (χ1v) is 10.4. The molecule has 0 aliphatic rings. The monoisotopic (exact) mass is 419 g/mol. The fourth-order valence-corrected chi connectivity index (χ4v) is 4.98. The number of amides is 1. The van der Waals surface area contributed by atoms with E-state index in [1.54, 1.807) is 32.0 Å². The van der Waals surface area contributed by atoms with E-state index in [1.165, 1.54) is 25.1 Å². The molecule has 0 saturated heterocycles. The summed E-state index contributed by atoms with van der Waals surface area (Å²) in [7, 11) is -3.90. The third kappa shape index (κ3) is 4.29. The zero-order chi connectivity index (χ0) is 20.5. The Kier molecular flexibility index (Phi) is 5.34. The molecule has 146 valence electrons. The Morgan fingerprint density at radius 3 is 2.36 bits per heavy atom. The first-order chi connectivity index (χ1) is 13.2. The van der Waals surface area contributed by atoms with Crippen LogP contribution in [0.1, 0.15) is 37.6 Å². The minimum atomic E-state index is -3.90. The molecule has 3 aromatic rings. The van der Waals surface area contributed by atoms with Crippen LogP contribution in [0.5, 0.6) is 0 Å². The number of sulfonamides is 1. The summed E-state index contributed by atoms with van der Waals surface area (Å²) in [5.41, 5.74) is 0.802. The summed E-state index contributed by atoms with van der Waals surface area (Å²) in [6.07, 6.45) is 0. The lowest BCUT2D eigenvalue weighted by Crippen LogP contribution is -2.14. The highest BCUT2D eigenvalue weighted by molar-refractivity contribution is 7.93. The standard InChI is InChI=1S/C18H17N3O5S2/c1-10-8-17(20-26-10)19-18(23)15-9-16(12(3)27-15)28(24,25)21-14-6-4-13(5-7-14)11(2)22/h4-9,21H,1-3H3,(H,19,20,23). The average Bonchev–Trinajstić information content (AvgIpc) is 3.21. The number of benzene rings is 1. The number of anilines is 2. The molecule has 8 nitrogen and oxygen atoms in total. The summed E-state index contributed by atoms with van der Waals surface area (Å²) in [6.45, 7) is 4.74. The van der Waals surface area contributed by atoms with Crippen LogP contribution in [0, 0.1) is 13.8 Å². The zero-order valence-electron chi connectivity index (χ0n) is 15.3. The molecule has 0 fully saturated rings. The van der Waals surface area contributed by atoms with E-state index in [9.17, 15) is 18.0 Å². The van der Waals surface area contributed by atoms with Crippen molar-refractivity contribution in [1.82, 2.24) is 5.16 Å². The summed E-state index contributed by atoms with van der Waals surface area (Å²) in [5, 5.41) is 6.23. The second kappa shape index (κ2) is 7.56. The lowest BCUT2D eigenvalue weighted by Gasteiger charge is -2.08. The SMILES string of the molecule is CC(=O)c1ccc(NS(=O)(=O)c2cc(C(=O)Nc3cc(C)on3)sc2C)cc1. The molecule has 0 spiro atoms. The van der Waals surface area contributed by atoms with Crippen molar-refractivity contribution >= 4 is 44.6 Å². The van der Waals surface area contributed by atoms with E-state index in [2.05, 4.69) is 15.2 Å². The number of ketones is 1. The third-order valence-electron chi connectivity index (χ3n) is 3.80. The highest BCUT2D eigenvalue weighted by atomic mass is 32.2. The zero-order valence-corrected chi connectivity index (χ0v) is 16.9. The lowest BCUT2D eigenvalue weighted by atomic mass is 10.1. The molecule has 2 aromatic heterocycles. The molecule has 28 heavy (non-hydrogen) atoms. The van der Waals surface area contributed by atoms with Crippen LogP contribution < -0.4 is 10.0 Å². The van der Waals surface area contributed by atoms with E-state index in [4.69, 9.17) is 4.52 Å². The minimum absolute atomic E-state index is 0.00891. The Balaban J connectivity index is 1.80. The van der Waals surface area contributed by atoms with E-state index in [0.717, 1.165) is 11.3 Å². The van der Waals surface area contributed by atoms with Crippen molar-refractivity contribution in [3.8, 4) is 0 Å². The van der Waals surface area contributed by atoms with Crippen LogP contribution in [0.2, 0.25) is 0 Å². The van der Waals surface area contributed by atoms with Gasteiger partial charge in [-0.2, -0.15) is 0 Å². The predicted octanol–water partition coefficient (Wildman–Crippen LogP) is 3.61. The van der Waals surface area contributed by atoms with E-state index >= 15 is 0 Å². The number of rotatable bonds is 6. The molecule has 1 amide bonds. The van der Waals surface area contributed by atoms with Crippen molar-refractivity contribution in [2.24, 2.45) is 0 Å². The largest absolute Gasteiger partial charge is 0.360 e. The van der Waals surface area contributed by atoms with Crippen molar-refractivity contribution in [1.29, 1.82) is 0 Å². The molecule has 3 rings (SSSR count). The topological polar surface area (TPSA) is 118 Å². The number of aromatic nitrogens is 1. The summed E-state index contributed by atoms with van der Waals surface area (Å²) in [4.78, 5) is 24.4. The number of nitrogens with one attached hydrogen (secondary N) is 2. The number of thiophene rings is 1. The van der Waals surface area contributed by atoms with Crippen LogP contribution in [0.4, 0.5) is 11.5 Å². The Hall–Kier alpha value is -2.98. The Labute approximate surface area is 165 Å². The Morgan fingerprint density at radius 1 is 1.11 bits per heavy atom. The summed E-state index contributed by atoms with van der Waals surface area (Å²) < 4.78 is 32.8. The molecule has 0 radical (unpaired) electrons. The van der Waals surface area contributed by atoms with Crippen molar-refractivity contribution < 1.29 is 22.5 Å². The van der Waals surface area contributed by atoms with Gasteiger partial charge in [-0.15, -0.1) is 11.3 Å². The van der Waals surface area contributed by atoms with Crippen LogP contribution in [0.15, 0.2) is 45.8 Å². The lowest BCUT2D eigenvalue weighted by molar-refractivity contribution is 0.101. The van der Waals surface area contributed by atoms with Gasteiger partial charge in [0.1, 0.15) is 10.7 Å². The molecule has 10 heteroatoms. The number of carbonyl (C=O) groups is 2. The average molecular weight is 419 g/mol. The maximum absolute atomic E-state index is 12.7. The van der Waals surface area contributed by atoms with E-state index in [-0.39, 0.29) is 21.4 Å². The van der Waals surface area contributed by atoms with Crippen LogP contribution >= 0.6 is 11.3 Å². The minimum Gasteiger partial charge on any atom is -0.360 e. The van der Waals surface area contributed by atoms with Gasteiger partial charge in [0.15, 0.2) is 11.6 Å². The van der Waals surface area contributed by atoms with Gasteiger partial charge in [-0.25, -0.2) is 8.42 Å². The van der Waals surface area contributed by atoms with Gasteiger partial charge in [-0.3, -0.25) is 14.3 Å². The van der Waals surface area contributed by atoms with Crippen molar-refractivity contribution in [2.45, 2.75) is 25.7 Å². The normalized spacial score (nSPS) is 11.2. The number of aryl methyl sites for hydroxylation is 2. The van der Waals surface area contributed by atoms with Gasteiger partial charge in [0.2, 0.25) is 0 Å². The number of hydrogen-bond acceptors (Lipinski definition) is 7. The molecule has 0 bridgehead atoms. The molecule has 2 N–H and O–H groups in total. The Morgan fingerprint density at radius 2 is 1.79 bits per heavy atom. The summed E-state index contributed by atoms with van der Waals surface area (Å²) in [5.74, 6) is 0.206. The summed E-state index contributed by atoms with van der Waals surface area (Å²) >= 11 is 1.06. The highest BCUT2D eigenvalue weighted by Crippen LogP contribution is 2.28. The van der Waals surface area contributed by atoms with Crippen LogP contribution in [-0.4, -0.2) is 25.3 Å². The molecule has 2 heterocycles. The first-order valence-electron chi connectivity index (χ1n) is 8.14. The molecule has 0 atom stereocenters. The van der Waals surface area contributed by atoms with Crippen LogP contribution in [0.25, 0.3) is 0 Å². The van der Waals surface area contributed by atoms with Gasteiger partial charge < -0.3 is 9.84 Å². The molecular formula is C18H17N3O5S2. The maximum Gasteiger partial charge on any atom is 0.267 e. The third-order valence-corrected chi connectivity index (χ3v) is 6.48. The van der Waals surface area contributed by atoms with Gasteiger partial charge in [0, 0.05) is 22.2 Å². The summed E-state index contributed by atoms with van der Waals surface area (Å²) in [6, 6.07) is 8.97. The molecule has 0 aliphatic carbocycles. The first kappa shape index (κ1) is 19.8. The molecular weight excluding hydrogens is 402 g/mol. The second-order valence-electron chi connectivity index (χ2n) is 6.05.